The summed E-state index contributed by atoms with van der Waals surface area (Å²) in [5, 5.41) is 3.02. The molecular weight excluding hydrogens is 310 g/mol. The second kappa shape index (κ2) is 9.03. The summed E-state index contributed by atoms with van der Waals surface area (Å²) in [6, 6.07) is 15.2. The molecule has 0 aliphatic heterocycles. The standard InChI is InChI=1S/C21H23N3O/c1-3-16(13-14-22)19(15-24-4-2)18-11-8-12-20(23)21(18)25-17-9-6-5-7-10-17/h3-15,24H,2,22-23H2,1H3/b14-13-,16-3-,19-15+. The molecule has 0 bridgehead atoms. The Morgan fingerprint density at radius 3 is 2.52 bits per heavy atom. The topological polar surface area (TPSA) is 73.3 Å². The van der Waals surface area contributed by atoms with Gasteiger partial charge in [0.1, 0.15) is 5.75 Å². The second-order valence-electron chi connectivity index (χ2n) is 5.17. The molecular formula is C21H23N3O. The summed E-state index contributed by atoms with van der Waals surface area (Å²) < 4.78 is 6.07. The lowest BCUT2D eigenvalue weighted by atomic mass is 9.96. The molecule has 128 valence electrons. The maximum atomic E-state index is 6.20. The normalized spacial score (nSPS) is 12.2. The molecule has 0 aliphatic carbocycles. The van der Waals surface area contributed by atoms with E-state index in [-0.39, 0.29) is 0 Å². The van der Waals surface area contributed by atoms with Crippen LogP contribution < -0.4 is 21.5 Å². The van der Waals surface area contributed by atoms with Gasteiger partial charge < -0.3 is 21.5 Å². The second-order valence-corrected chi connectivity index (χ2v) is 5.17. The van der Waals surface area contributed by atoms with Gasteiger partial charge in [0.05, 0.1) is 5.69 Å². The lowest BCUT2D eigenvalue weighted by Crippen LogP contribution is -2.02. The summed E-state index contributed by atoms with van der Waals surface area (Å²) in [6.07, 6.45) is 8.74. The molecule has 0 aromatic heterocycles. The van der Waals surface area contributed by atoms with Crippen LogP contribution in [0.4, 0.5) is 5.69 Å². The van der Waals surface area contributed by atoms with Crippen LogP contribution in [0.5, 0.6) is 11.5 Å². The predicted octanol–water partition coefficient (Wildman–Crippen LogP) is 4.55. The van der Waals surface area contributed by atoms with Crippen molar-refractivity contribution >= 4 is 11.3 Å². The first-order valence-electron chi connectivity index (χ1n) is 7.95. The van der Waals surface area contributed by atoms with E-state index < -0.39 is 0 Å². The van der Waals surface area contributed by atoms with E-state index in [4.69, 9.17) is 16.2 Å². The van der Waals surface area contributed by atoms with Crippen LogP contribution in [0.25, 0.3) is 5.57 Å². The van der Waals surface area contributed by atoms with E-state index in [2.05, 4.69) is 11.9 Å². The molecule has 0 atom stereocenters. The van der Waals surface area contributed by atoms with Crippen molar-refractivity contribution in [2.45, 2.75) is 6.92 Å². The summed E-state index contributed by atoms with van der Waals surface area (Å²) in [7, 11) is 0. The Balaban J connectivity index is 2.58. The zero-order valence-electron chi connectivity index (χ0n) is 14.3. The molecule has 4 nitrogen and oxygen atoms in total. The lowest BCUT2D eigenvalue weighted by molar-refractivity contribution is 0.483. The first kappa shape index (κ1) is 17.9. The number of rotatable bonds is 7. The fraction of sp³-hybridized carbons (Fsp3) is 0.0476. The fourth-order valence-electron chi connectivity index (χ4n) is 2.39. The van der Waals surface area contributed by atoms with Gasteiger partial charge in [-0.05, 0) is 49.2 Å². The van der Waals surface area contributed by atoms with Gasteiger partial charge in [0.25, 0.3) is 0 Å². The number of nitrogens with one attached hydrogen (secondary N) is 1. The molecule has 0 unspecified atom stereocenters. The number of nitrogen functional groups attached to an aromatic ring is 1. The average Bonchev–Trinajstić information content (AvgIpc) is 2.64. The maximum absolute atomic E-state index is 6.20. The smallest absolute Gasteiger partial charge is 0.158 e. The Labute approximate surface area is 148 Å². The monoisotopic (exact) mass is 333 g/mol. The Morgan fingerprint density at radius 2 is 1.88 bits per heavy atom. The first-order chi connectivity index (χ1) is 12.2. The Morgan fingerprint density at radius 1 is 1.12 bits per heavy atom. The number of anilines is 1. The minimum absolute atomic E-state index is 0.554. The van der Waals surface area contributed by atoms with Crippen LogP contribution in [0.15, 0.2) is 91.4 Å². The summed E-state index contributed by atoms with van der Waals surface area (Å²) in [5.41, 5.74) is 15.0. The van der Waals surface area contributed by atoms with Crippen molar-refractivity contribution in [3.63, 3.8) is 0 Å². The maximum Gasteiger partial charge on any atom is 0.158 e. The lowest BCUT2D eigenvalue weighted by Gasteiger charge is -2.17. The molecule has 0 amide bonds. The van der Waals surface area contributed by atoms with Gasteiger partial charge in [-0.25, -0.2) is 0 Å². The molecule has 4 heteroatoms. The van der Waals surface area contributed by atoms with Crippen LogP contribution in [0.2, 0.25) is 0 Å². The van der Waals surface area contributed by atoms with Gasteiger partial charge in [-0.15, -0.1) is 0 Å². The minimum Gasteiger partial charge on any atom is -0.455 e. The molecule has 0 saturated heterocycles. The van der Waals surface area contributed by atoms with E-state index in [1.54, 1.807) is 6.20 Å². The van der Waals surface area contributed by atoms with Gasteiger partial charge in [-0.1, -0.05) is 43.0 Å². The highest BCUT2D eigenvalue weighted by Crippen LogP contribution is 2.38. The zero-order chi connectivity index (χ0) is 18.1. The quantitative estimate of drug-likeness (QED) is 0.513. The van der Waals surface area contributed by atoms with Crippen LogP contribution in [-0.4, -0.2) is 0 Å². The molecule has 0 saturated carbocycles. The highest BCUT2D eigenvalue weighted by molar-refractivity contribution is 5.87. The number of nitrogens with two attached hydrogens (primary N) is 2. The van der Waals surface area contributed by atoms with Gasteiger partial charge in [0.2, 0.25) is 0 Å². The van der Waals surface area contributed by atoms with Crippen molar-refractivity contribution in [2.75, 3.05) is 5.73 Å². The largest absolute Gasteiger partial charge is 0.455 e. The van der Waals surface area contributed by atoms with Crippen LogP contribution in [0, 0.1) is 0 Å². The summed E-state index contributed by atoms with van der Waals surface area (Å²) in [6.45, 7) is 5.64. The van der Waals surface area contributed by atoms with Crippen molar-refractivity contribution in [3.8, 4) is 11.5 Å². The predicted molar refractivity (Wildman–Crippen MR) is 106 cm³/mol. The van der Waals surface area contributed by atoms with Crippen molar-refractivity contribution in [3.05, 3.63) is 97.0 Å². The molecule has 0 aliphatic rings. The molecule has 0 radical (unpaired) electrons. The van der Waals surface area contributed by atoms with Gasteiger partial charge >= 0.3 is 0 Å². The van der Waals surface area contributed by atoms with E-state index in [1.807, 2.05) is 73.8 Å². The van der Waals surface area contributed by atoms with E-state index in [1.165, 1.54) is 6.20 Å². The van der Waals surface area contributed by atoms with Crippen LogP contribution in [-0.2, 0) is 0 Å². The molecule has 0 heterocycles. The number of hydrogen-bond acceptors (Lipinski definition) is 4. The zero-order valence-corrected chi connectivity index (χ0v) is 14.3. The average molecular weight is 333 g/mol. The van der Waals surface area contributed by atoms with Gasteiger partial charge in [-0.2, -0.15) is 0 Å². The molecule has 2 aromatic carbocycles. The summed E-state index contributed by atoms with van der Waals surface area (Å²) >= 11 is 0. The van der Waals surface area contributed by atoms with Gasteiger partial charge in [-0.3, -0.25) is 0 Å². The van der Waals surface area contributed by atoms with Crippen molar-refractivity contribution in [1.29, 1.82) is 0 Å². The third kappa shape index (κ3) is 4.54. The van der Waals surface area contributed by atoms with Crippen LogP contribution >= 0.6 is 0 Å². The van der Waals surface area contributed by atoms with E-state index >= 15 is 0 Å². The van der Waals surface area contributed by atoms with Crippen molar-refractivity contribution in [2.24, 2.45) is 5.73 Å². The minimum atomic E-state index is 0.554. The van der Waals surface area contributed by atoms with E-state index in [9.17, 15) is 0 Å². The molecule has 25 heavy (non-hydrogen) atoms. The molecule has 2 aromatic rings. The summed E-state index contributed by atoms with van der Waals surface area (Å²) in [5.74, 6) is 1.31. The SMILES string of the molecule is C=CN\C=C(C(/C=C\N)=C\C)\c1cccc(N)c1Oc1ccccc1. The fourth-order valence-corrected chi connectivity index (χ4v) is 2.39. The molecule has 0 fully saturated rings. The number of para-hydroxylation sites is 2. The first-order valence-corrected chi connectivity index (χ1v) is 7.95. The third-order valence-electron chi connectivity index (χ3n) is 3.54. The Bertz CT molecular complexity index is 805. The van der Waals surface area contributed by atoms with E-state index in [0.29, 0.717) is 17.2 Å². The van der Waals surface area contributed by atoms with Crippen molar-refractivity contribution < 1.29 is 4.74 Å². The third-order valence-corrected chi connectivity index (χ3v) is 3.54. The van der Waals surface area contributed by atoms with Crippen molar-refractivity contribution in [1.82, 2.24) is 5.32 Å². The Kier molecular flexibility index (Phi) is 6.48. The number of allylic oxidation sites excluding steroid dienone is 4. The Hall–Kier alpha value is -3.40. The van der Waals surface area contributed by atoms with Crippen LogP contribution in [0.1, 0.15) is 12.5 Å². The summed E-state index contributed by atoms with van der Waals surface area (Å²) in [4.78, 5) is 0. The number of hydrogen-bond donors (Lipinski definition) is 3. The van der Waals surface area contributed by atoms with Gasteiger partial charge in [0, 0.05) is 17.3 Å². The van der Waals surface area contributed by atoms with Crippen LogP contribution in [0.3, 0.4) is 0 Å². The van der Waals surface area contributed by atoms with E-state index in [0.717, 1.165) is 16.7 Å². The molecule has 0 spiro atoms. The number of benzene rings is 2. The highest BCUT2D eigenvalue weighted by atomic mass is 16.5. The molecule has 5 N–H and O–H groups in total. The number of ether oxygens (including phenoxy) is 1. The molecule has 2 rings (SSSR count). The van der Waals surface area contributed by atoms with Gasteiger partial charge in [0.15, 0.2) is 5.75 Å². The highest BCUT2D eigenvalue weighted by Gasteiger charge is 2.15.